The molecular weight excluding hydrogens is 490 g/mol. The third-order valence-electron chi connectivity index (χ3n) is 3.44. The Hall–Kier alpha value is -1.15. The van der Waals surface area contributed by atoms with Gasteiger partial charge < -0.3 is 9.47 Å². The molecule has 2 rings (SSSR count). The molecule has 24 heavy (non-hydrogen) atoms. The fourth-order valence-corrected chi connectivity index (χ4v) is 3.20. The summed E-state index contributed by atoms with van der Waals surface area (Å²) in [4.78, 5) is 11.6. The van der Waals surface area contributed by atoms with Gasteiger partial charge in [0.25, 0.3) is 0 Å². The fraction of sp³-hybridized carbons (Fsp3) is 0.278. The number of hydrogen-bond donors (Lipinski definition) is 0. The molecule has 0 aliphatic rings. The molecule has 0 fully saturated rings. The molecule has 6 heteroatoms. The monoisotopic (exact) mass is 506 g/mol. The first-order valence-corrected chi connectivity index (χ1v) is 9.42. The van der Waals surface area contributed by atoms with Crippen LogP contribution in [0.5, 0.6) is 11.5 Å². The first kappa shape index (κ1) is 19.2. The molecule has 0 radical (unpaired) electrons. The third kappa shape index (κ3) is 4.69. The van der Waals surface area contributed by atoms with Crippen LogP contribution < -0.4 is 9.47 Å². The second-order valence-electron chi connectivity index (χ2n) is 5.06. The maximum absolute atomic E-state index is 14.0. The van der Waals surface area contributed by atoms with Crippen molar-refractivity contribution in [2.45, 2.75) is 33.3 Å². The Morgan fingerprint density at radius 2 is 2.00 bits per heavy atom. The van der Waals surface area contributed by atoms with Crippen LogP contribution in [0, 0.1) is 9.39 Å². The van der Waals surface area contributed by atoms with Gasteiger partial charge in [-0.15, -0.1) is 0 Å². The van der Waals surface area contributed by atoms with Gasteiger partial charge in [0.2, 0.25) is 0 Å². The van der Waals surface area contributed by atoms with Crippen molar-refractivity contribution in [2.24, 2.45) is 0 Å². The second kappa shape index (κ2) is 8.80. The highest BCUT2D eigenvalue weighted by molar-refractivity contribution is 14.1. The first-order chi connectivity index (χ1) is 11.5. The van der Waals surface area contributed by atoms with Gasteiger partial charge in [0, 0.05) is 21.6 Å². The standard InChI is InChI=1S/C18H17BrFIO3/c1-3-11-8-13(19)17(9-14(11)20)23-10-12-15(21)6-5-7-16(12)24-18(22)4-2/h5-9H,3-4,10H2,1-2H3. The molecule has 0 bridgehead atoms. The molecule has 0 unspecified atom stereocenters. The molecule has 0 saturated heterocycles. The molecule has 0 saturated carbocycles. The highest BCUT2D eigenvalue weighted by atomic mass is 127. The minimum Gasteiger partial charge on any atom is -0.487 e. The maximum atomic E-state index is 14.0. The number of rotatable bonds is 6. The quantitative estimate of drug-likeness (QED) is 0.288. The number of carbonyl (C=O) groups is 1. The van der Waals surface area contributed by atoms with Crippen molar-refractivity contribution < 1.29 is 18.7 Å². The van der Waals surface area contributed by atoms with E-state index in [1.165, 1.54) is 6.07 Å². The SMILES string of the molecule is CCC(=O)Oc1cccc(I)c1COc1cc(F)c(CC)cc1Br. The van der Waals surface area contributed by atoms with Crippen molar-refractivity contribution in [3.05, 3.63) is 55.3 Å². The van der Waals surface area contributed by atoms with Gasteiger partial charge in [0.05, 0.1) is 4.47 Å². The Bertz CT molecular complexity index is 749. The van der Waals surface area contributed by atoms with E-state index in [9.17, 15) is 9.18 Å². The van der Waals surface area contributed by atoms with Crippen molar-refractivity contribution >= 4 is 44.5 Å². The molecular formula is C18H17BrFIO3. The van der Waals surface area contributed by atoms with Gasteiger partial charge in [-0.3, -0.25) is 4.79 Å². The van der Waals surface area contributed by atoms with Crippen molar-refractivity contribution in [1.29, 1.82) is 0 Å². The van der Waals surface area contributed by atoms with Crippen LogP contribution in [-0.4, -0.2) is 5.97 Å². The van der Waals surface area contributed by atoms with E-state index in [-0.39, 0.29) is 18.4 Å². The van der Waals surface area contributed by atoms with Gasteiger partial charge in [-0.1, -0.05) is 19.9 Å². The summed E-state index contributed by atoms with van der Waals surface area (Å²) in [6.45, 7) is 3.81. The lowest BCUT2D eigenvalue weighted by molar-refractivity contribution is -0.134. The van der Waals surface area contributed by atoms with Gasteiger partial charge in [0.1, 0.15) is 23.9 Å². The summed E-state index contributed by atoms with van der Waals surface area (Å²) in [5.41, 5.74) is 1.38. The summed E-state index contributed by atoms with van der Waals surface area (Å²) in [7, 11) is 0. The van der Waals surface area contributed by atoms with E-state index in [2.05, 4.69) is 38.5 Å². The summed E-state index contributed by atoms with van der Waals surface area (Å²) in [6.07, 6.45) is 0.902. The maximum Gasteiger partial charge on any atom is 0.310 e. The lowest BCUT2D eigenvalue weighted by Gasteiger charge is -2.14. The molecule has 0 N–H and O–H groups in total. The molecule has 0 atom stereocenters. The van der Waals surface area contributed by atoms with Gasteiger partial charge in [-0.25, -0.2) is 4.39 Å². The molecule has 0 spiro atoms. The van der Waals surface area contributed by atoms with Crippen LogP contribution in [0.2, 0.25) is 0 Å². The van der Waals surface area contributed by atoms with Crippen molar-refractivity contribution in [1.82, 2.24) is 0 Å². The Kier molecular flexibility index (Phi) is 7.03. The van der Waals surface area contributed by atoms with Gasteiger partial charge in [-0.05, 0) is 68.7 Å². The summed E-state index contributed by atoms with van der Waals surface area (Å²) in [5.74, 6) is 0.279. The molecule has 0 amide bonds. The highest BCUT2D eigenvalue weighted by Crippen LogP contribution is 2.31. The Labute approximate surface area is 162 Å². The summed E-state index contributed by atoms with van der Waals surface area (Å²) < 4.78 is 26.7. The zero-order chi connectivity index (χ0) is 17.7. The van der Waals surface area contributed by atoms with Gasteiger partial charge >= 0.3 is 5.97 Å². The van der Waals surface area contributed by atoms with E-state index in [1.54, 1.807) is 19.1 Å². The molecule has 128 valence electrons. The van der Waals surface area contributed by atoms with Gasteiger partial charge in [-0.2, -0.15) is 0 Å². The smallest absolute Gasteiger partial charge is 0.310 e. The Balaban J connectivity index is 2.23. The number of esters is 1. The van der Waals surface area contributed by atoms with E-state index in [1.807, 2.05) is 19.1 Å². The topological polar surface area (TPSA) is 35.5 Å². The van der Waals surface area contributed by atoms with E-state index in [0.29, 0.717) is 34.4 Å². The number of hydrogen-bond acceptors (Lipinski definition) is 3. The number of ether oxygens (including phenoxy) is 2. The van der Waals surface area contributed by atoms with E-state index < -0.39 is 0 Å². The summed E-state index contributed by atoms with van der Waals surface area (Å²) >= 11 is 5.56. The largest absolute Gasteiger partial charge is 0.487 e. The van der Waals surface area contributed by atoms with Crippen LogP contribution in [0.4, 0.5) is 4.39 Å². The van der Waals surface area contributed by atoms with Crippen molar-refractivity contribution in [3.63, 3.8) is 0 Å². The first-order valence-electron chi connectivity index (χ1n) is 7.55. The lowest BCUT2D eigenvalue weighted by atomic mass is 10.1. The molecule has 2 aromatic carbocycles. The van der Waals surface area contributed by atoms with Crippen LogP contribution in [0.15, 0.2) is 34.8 Å². The molecule has 0 aromatic heterocycles. The highest BCUT2D eigenvalue weighted by Gasteiger charge is 2.14. The van der Waals surface area contributed by atoms with Crippen LogP contribution in [0.25, 0.3) is 0 Å². The zero-order valence-corrected chi connectivity index (χ0v) is 17.1. The second-order valence-corrected chi connectivity index (χ2v) is 7.08. The average molecular weight is 507 g/mol. The predicted octanol–water partition coefficient (Wildman–Crippen LogP) is 5.65. The summed E-state index contributed by atoms with van der Waals surface area (Å²) in [6, 6.07) is 8.53. The summed E-state index contributed by atoms with van der Waals surface area (Å²) in [5, 5.41) is 0. The van der Waals surface area contributed by atoms with Crippen LogP contribution in [0.3, 0.4) is 0 Å². The van der Waals surface area contributed by atoms with E-state index in [0.717, 1.165) is 9.13 Å². The minimum atomic E-state index is -0.308. The molecule has 3 nitrogen and oxygen atoms in total. The van der Waals surface area contributed by atoms with Crippen LogP contribution in [0.1, 0.15) is 31.4 Å². The fourth-order valence-electron chi connectivity index (χ4n) is 2.07. The number of carbonyl (C=O) groups excluding carboxylic acids is 1. The predicted molar refractivity (Wildman–Crippen MR) is 103 cm³/mol. The van der Waals surface area contributed by atoms with Crippen molar-refractivity contribution in [3.8, 4) is 11.5 Å². The van der Waals surface area contributed by atoms with E-state index >= 15 is 0 Å². The number of benzene rings is 2. The van der Waals surface area contributed by atoms with Crippen LogP contribution >= 0.6 is 38.5 Å². The normalized spacial score (nSPS) is 10.5. The van der Waals surface area contributed by atoms with E-state index in [4.69, 9.17) is 9.47 Å². The van der Waals surface area contributed by atoms with Crippen molar-refractivity contribution in [2.75, 3.05) is 0 Å². The zero-order valence-electron chi connectivity index (χ0n) is 13.4. The molecule has 0 aliphatic carbocycles. The van der Waals surface area contributed by atoms with Gasteiger partial charge in [0.15, 0.2) is 0 Å². The minimum absolute atomic E-state index is 0.176. The lowest BCUT2D eigenvalue weighted by Crippen LogP contribution is -2.09. The molecule has 0 heterocycles. The number of halogens is 3. The molecule has 2 aromatic rings. The molecule has 0 aliphatic heterocycles. The number of aryl methyl sites for hydroxylation is 1. The van der Waals surface area contributed by atoms with Crippen LogP contribution in [-0.2, 0) is 17.8 Å². The average Bonchev–Trinajstić information content (AvgIpc) is 2.56. The third-order valence-corrected chi connectivity index (χ3v) is 5.07. The Morgan fingerprint density at radius 1 is 1.25 bits per heavy atom. The Morgan fingerprint density at radius 3 is 2.67 bits per heavy atom.